The SMILES string of the molecule is O=C(Cc1ccc(O)cc1)N1CCCC12CCCN(C1CC1)C2=O. The molecule has 3 aliphatic rings. The van der Waals surface area contributed by atoms with Crippen molar-refractivity contribution >= 4 is 11.8 Å². The number of amides is 2. The molecule has 128 valence electrons. The van der Waals surface area contributed by atoms with Gasteiger partial charge >= 0.3 is 0 Å². The van der Waals surface area contributed by atoms with Crippen LogP contribution in [-0.2, 0) is 16.0 Å². The van der Waals surface area contributed by atoms with Gasteiger partial charge in [-0.05, 0) is 56.2 Å². The first-order valence-corrected chi connectivity index (χ1v) is 9.00. The molecular weight excluding hydrogens is 304 g/mol. The minimum absolute atomic E-state index is 0.0317. The predicted octanol–water partition coefficient (Wildman–Crippen LogP) is 2.08. The van der Waals surface area contributed by atoms with E-state index in [-0.39, 0.29) is 17.6 Å². The van der Waals surface area contributed by atoms with Crippen molar-refractivity contribution < 1.29 is 14.7 Å². The Morgan fingerprint density at radius 1 is 1.12 bits per heavy atom. The molecule has 0 aromatic heterocycles. The molecule has 24 heavy (non-hydrogen) atoms. The maximum Gasteiger partial charge on any atom is 0.248 e. The summed E-state index contributed by atoms with van der Waals surface area (Å²) in [5.41, 5.74) is 0.289. The second-order valence-corrected chi connectivity index (χ2v) is 7.36. The van der Waals surface area contributed by atoms with Crippen molar-refractivity contribution in [3.8, 4) is 5.75 Å². The van der Waals surface area contributed by atoms with Crippen molar-refractivity contribution in [3.05, 3.63) is 29.8 Å². The summed E-state index contributed by atoms with van der Waals surface area (Å²) in [6.07, 6.45) is 6.02. The van der Waals surface area contributed by atoms with Gasteiger partial charge in [0.2, 0.25) is 11.8 Å². The van der Waals surface area contributed by atoms with Gasteiger partial charge in [0.05, 0.1) is 6.42 Å². The summed E-state index contributed by atoms with van der Waals surface area (Å²) in [4.78, 5) is 29.9. The van der Waals surface area contributed by atoms with Crippen molar-refractivity contribution in [3.63, 3.8) is 0 Å². The Kier molecular flexibility index (Phi) is 3.74. The molecule has 1 N–H and O–H groups in total. The van der Waals surface area contributed by atoms with Crippen LogP contribution in [0.1, 0.15) is 44.1 Å². The quantitative estimate of drug-likeness (QED) is 0.924. The van der Waals surface area contributed by atoms with E-state index in [1.54, 1.807) is 24.3 Å². The van der Waals surface area contributed by atoms with Gasteiger partial charge in [0.15, 0.2) is 0 Å². The maximum absolute atomic E-state index is 13.1. The van der Waals surface area contributed by atoms with Gasteiger partial charge in [-0.1, -0.05) is 12.1 Å². The summed E-state index contributed by atoms with van der Waals surface area (Å²) in [5, 5.41) is 9.38. The van der Waals surface area contributed by atoms with Gasteiger partial charge in [0, 0.05) is 19.1 Å². The normalized spacial score (nSPS) is 27.1. The lowest BCUT2D eigenvalue weighted by Gasteiger charge is -2.44. The Hall–Kier alpha value is -2.04. The molecule has 2 amide bonds. The van der Waals surface area contributed by atoms with E-state index >= 15 is 0 Å². The van der Waals surface area contributed by atoms with Crippen LogP contribution in [0.5, 0.6) is 5.75 Å². The highest BCUT2D eigenvalue weighted by Gasteiger charge is 2.54. The van der Waals surface area contributed by atoms with E-state index in [0.717, 1.165) is 50.6 Å². The van der Waals surface area contributed by atoms with Crippen LogP contribution in [0, 0.1) is 0 Å². The second kappa shape index (κ2) is 5.80. The minimum atomic E-state index is -0.588. The lowest BCUT2D eigenvalue weighted by molar-refractivity contribution is -0.155. The maximum atomic E-state index is 13.1. The molecule has 4 rings (SSSR count). The summed E-state index contributed by atoms with van der Waals surface area (Å²) in [6, 6.07) is 7.17. The van der Waals surface area contributed by atoms with E-state index in [1.165, 1.54) is 0 Å². The fraction of sp³-hybridized carbons (Fsp3) is 0.579. The molecule has 0 radical (unpaired) electrons. The van der Waals surface area contributed by atoms with Crippen molar-refractivity contribution in [1.29, 1.82) is 0 Å². The van der Waals surface area contributed by atoms with Crippen LogP contribution < -0.4 is 0 Å². The zero-order valence-electron chi connectivity index (χ0n) is 13.9. The Labute approximate surface area is 142 Å². The minimum Gasteiger partial charge on any atom is -0.508 e. The van der Waals surface area contributed by atoms with Crippen LogP contribution in [0.3, 0.4) is 0 Å². The Morgan fingerprint density at radius 3 is 2.46 bits per heavy atom. The molecule has 2 saturated heterocycles. The van der Waals surface area contributed by atoms with Crippen LogP contribution in [-0.4, -0.2) is 51.4 Å². The molecule has 1 atom stereocenters. The first kappa shape index (κ1) is 15.5. The zero-order chi connectivity index (χ0) is 16.7. The standard InChI is InChI=1S/C19H24N2O3/c22-16-7-3-14(4-8-16)13-17(23)21-12-2-10-19(21)9-1-11-20(18(19)24)15-5-6-15/h3-4,7-8,15,22H,1-2,5-6,9-13H2. The number of phenolic OH excluding ortho intramolecular Hbond substituents is 1. The van der Waals surface area contributed by atoms with Crippen LogP contribution in [0.15, 0.2) is 24.3 Å². The molecule has 1 aliphatic carbocycles. The number of carbonyl (C=O) groups excluding carboxylic acids is 2. The monoisotopic (exact) mass is 328 g/mol. The lowest BCUT2D eigenvalue weighted by Crippen LogP contribution is -2.62. The number of phenols is 1. The number of hydrogen-bond donors (Lipinski definition) is 1. The predicted molar refractivity (Wildman–Crippen MR) is 89.5 cm³/mol. The van der Waals surface area contributed by atoms with Crippen molar-refractivity contribution in [1.82, 2.24) is 9.80 Å². The topological polar surface area (TPSA) is 60.9 Å². The first-order chi connectivity index (χ1) is 11.6. The van der Waals surface area contributed by atoms with Gasteiger partial charge in [0.1, 0.15) is 11.3 Å². The fourth-order valence-corrected chi connectivity index (χ4v) is 4.36. The summed E-state index contributed by atoms with van der Waals surface area (Å²) in [7, 11) is 0. The number of hydrogen-bond acceptors (Lipinski definition) is 3. The third-order valence-electron chi connectivity index (χ3n) is 5.72. The molecule has 2 aliphatic heterocycles. The first-order valence-electron chi connectivity index (χ1n) is 9.00. The van der Waals surface area contributed by atoms with E-state index in [4.69, 9.17) is 0 Å². The van der Waals surface area contributed by atoms with Gasteiger partial charge in [-0.25, -0.2) is 0 Å². The highest BCUT2D eigenvalue weighted by Crippen LogP contribution is 2.42. The Bertz CT molecular complexity index is 653. The van der Waals surface area contributed by atoms with E-state index in [9.17, 15) is 14.7 Å². The second-order valence-electron chi connectivity index (χ2n) is 7.36. The van der Waals surface area contributed by atoms with E-state index in [1.807, 2.05) is 9.80 Å². The third-order valence-corrected chi connectivity index (χ3v) is 5.72. The smallest absolute Gasteiger partial charge is 0.248 e. The van der Waals surface area contributed by atoms with Gasteiger partial charge in [-0.15, -0.1) is 0 Å². The van der Waals surface area contributed by atoms with Crippen molar-refractivity contribution in [2.45, 2.75) is 56.5 Å². The average Bonchev–Trinajstić information content (AvgIpc) is 3.33. The van der Waals surface area contributed by atoms with E-state index in [2.05, 4.69) is 0 Å². The molecule has 1 spiro atoms. The summed E-state index contributed by atoms with van der Waals surface area (Å²) in [5.74, 6) is 0.420. The molecule has 1 aromatic rings. The highest BCUT2D eigenvalue weighted by atomic mass is 16.3. The van der Waals surface area contributed by atoms with Gasteiger partial charge in [-0.3, -0.25) is 9.59 Å². The third kappa shape index (κ3) is 2.56. The number of rotatable bonds is 3. The van der Waals surface area contributed by atoms with Crippen LogP contribution in [0.4, 0.5) is 0 Å². The number of carbonyl (C=O) groups is 2. The zero-order valence-corrected chi connectivity index (χ0v) is 13.9. The fourth-order valence-electron chi connectivity index (χ4n) is 4.36. The lowest BCUT2D eigenvalue weighted by atomic mass is 9.85. The number of nitrogens with zero attached hydrogens (tertiary/aromatic N) is 2. The molecular formula is C19H24N2O3. The van der Waals surface area contributed by atoms with Crippen LogP contribution >= 0.6 is 0 Å². The molecule has 1 saturated carbocycles. The van der Waals surface area contributed by atoms with Crippen LogP contribution in [0.2, 0.25) is 0 Å². The summed E-state index contributed by atoms with van der Waals surface area (Å²) < 4.78 is 0. The number of likely N-dealkylation sites (tertiary alicyclic amines) is 2. The average molecular weight is 328 g/mol. The molecule has 5 heteroatoms. The van der Waals surface area contributed by atoms with Gasteiger partial charge < -0.3 is 14.9 Å². The molecule has 2 heterocycles. The van der Waals surface area contributed by atoms with E-state index in [0.29, 0.717) is 19.0 Å². The molecule has 3 fully saturated rings. The summed E-state index contributed by atoms with van der Waals surface area (Å²) in [6.45, 7) is 1.53. The van der Waals surface area contributed by atoms with E-state index < -0.39 is 5.54 Å². The molecule has 1 aromatic carbocycles. The number of piperidine rings is 1. The largest absolute Gasteiger partial charge is 0.508 e. The number of benzene rings is 1. The van der Waals surface area contributed by atoms with Crippen molar-refractivity contribution in [2.75, 3.05) is 13.1 Å². The number of aromatic hydroxyl groups is 1. The van der Waals surface area contributed by atoms with Crippen molar-refractivity contribution in [2.24, 2.45) is 0 Å². The van der Waals surface area contributed by atoms with Gasteiger partial charge in [0.25, 0.3) is 0 Å². The van der Waals surface area contributed by atoms with Gasteiger partial charge in [-0.2, -0.15) is 0 Å². The highest BCUT2D eigenvalue weighted by molar-refractivity contribution is 5.93. The summed E-state index contributed by atoms with van der Waals surface area (Å²) >= 11 is 0. The van der Waals surface area contributed by atoms with Crippen LogP contribution in [0.25, 0.3) is 0 Å². The molecule has 0 bridgehead atoms. The Morgan fingerprint density at radius 2 is 1.79 bits per heavy atom. The Balaban J connectivity index is 1.54. The molecule has 1 unspecified atom stereocenters. The molecule has 5 nitrogen and oxygen atoms in total.